The van der Waals surface area contributed by atoms with Crippen LogP contribution in [0.25, 0.3) is 11.3 Å². The predicted molar refractivity (Wildman–Crippen MR) is 149 cm³/mol. The monoisotopic (exact) mass is 627 g/mol. The molecule has 10 nitrogen and oxygen atoms in total. The average Bonchev–Trinajstić information content (AvgIpc) is 3.51. The molecule has 2 aliphatic heterocycles. The number of likely N-dealkylation sites (tertiary alicyclic amines) is 1. The SMILES string of the molecule is COC1(C(=O)O)CCN(c2ncnc(Nc3nc(-c4cc(F)cc(C(F)(F)F)c4)c(CN4[C@H](C)CC[C@H]4N)s3)c2F)CC1. The number of piperidine rings is 1. The van der Waals surface area contributed by atoms with Crippen molar-refractivity contribution in [2.45, 2.75) is 63.1 Å². The van der Waals surface area contributed by atoms with Gasteiger partial charge in [0.2, 0.25) is 5.82 Å². The maximum absolute atomic E-state index is 15.7. The number of aromatic nitrogens is 3. The predicted octanol–water partition coefficient (Wildman–Crippen LogP) is 4.98. The van der Waals surface area contributed by atoms with Gasteiger partial charge in [0.05, 0.1) is 17.4 Å². The highest BCUT2D eigenvalue weighted by molar-refractivity contribution is 7.16. The molecular weight excluding hydrogens is 597 g/mol. The molecule has 0 amide bonds. The highest BCUT2D eigenvalue weighted by Gasteiger charge is 2.42. The van der Waals surface area contributed by atoms with Gasteiger partial charge in [0.15, 0.2) is 22.4 Å². The van der Waals surface area contributed by atoms with Crippen LogP contribution in [-0.4, -0.2) is 68.9 Å². The zero-order chi connectivity index (χ0) is 31.1. The number of rotatable bonds is 8. The number of methoxy groups -OCH3 is 1. The summed E-state index contributed by atoms with van der Waals surface area (Å²) in [6, 6.07) is 2.32. The highest BCUT2D eigenvalue weighted by atomic mass is 32.1. The topological polar surface area (TPSA) is 130 Å². The normalized spacial score (nSPS) is 20.9. The third-order valence-corrected chi connectivity index (χ3v) is 9.00. The lowest BCUT2D eigenvalue weighted by molar-refractivity contribution is -0.164. The number of hydrogen-bond acceptors (Lipinski definition) is 10. The first-order chi connectivity index (χ1) is 20.3. The van der Waals surface area contributed by atoms with Crippen LogP contribution in [0.15, 0.2) is 24.5 Å². The molecule has 2 aliphatic rings. The second-order valence-corrected chi connectivity index (χ2v) is 11.7. The van der Waals surface area contributed by atoms with E-state index in [4.69, 9.17) is 10.5 Å². The molecule has 5 rings (SSSR count). The minimum atomic E-state index is -4.78. The molecule has 2 atom stereocenters. The maximum atomic E-state index is 15.7. The van der Waals surface area contributed by atoms with Crippen molar-refractivity contribution < 1.29 is 36.6 Å². The van der Waals surface area contributed by atoms with Gasteiger partial charge in [-0.05, 0) is 38.0 Å². The zero-order valence-electron chi connectivity index (χ0n) is 23.3. The van der Waals surface area contributed by atoms with E-state index in [1.807, 2.05) is 11.8 Å². The Hall–Kier alpha value is -3.47. The van der Waals surface area contributed by atoms with Crippen molar-refractivity contribution >= 4 is 34.1 Å². The van der Waals surface area contributed by atoms with Gasteiger partial charge in [-0.1, -0.05) is 11.3 Å². The summed E-state index contributed by atoms with van der Waals surface area (Å²) in [6.07, 6.45) is -2.13. The number of nitrogens with one attached hydrogen (secondary N) is 1. The van der Waals surface area contributed by atoms with Gasteiger partial charge in [-0.3, -0.25) is 4.90 Å². The molecule has 2 aromatic heterocycles. The van der Waals surface area contributed by atoms with E-state index in [2.05, 4.69) is 20.3 Å². The number of hydrogen-bond donors (Lipinski definition) is 3. The summed E-state index contributed by atoms with van der Waals surface area (Å²) >= 11 is 1.07. The fourth-order valence-corrected chi connectivity index (χ4v) is 6.48. The summed E-state index contributed by atoms with van der Waals surface area (Å²) in [5.41, 5.74) is 3.77. The Balaban J connectivity index is 1.47. The quantitative estimate of drug-likeness (QED) is 0.294. The van der Waals surface area contributed by atoms with Crippen LogP contribution in [0.4, 0.5) is 38.7 Å². The van der Waals surface area contributed by atoms with Gasteiger partial charge in [0.1, 0.15) is 12.1 Å². The number of carbonyl (C=O) groups is 1. The number of benzene rings is 1. The van der Waals surface area contributed by atoms with Crippen LogP contribution < -0.4 is 16.0 Å². The van der Waals surface area contributed by atoms with Crippen molar-refractivity contribution in [2.24, 2.45) is 5.73 Å². The number of ether oxygens (including phenoxy) is 1. The van der Waals surface area contributed by atoms with Gasteiger partial charge in [-0.25, -0.2) is 24.1 Å². The molecule has 2 saturated heterocycles. The summed E-state index contributed by atoms with van der Waals surface area (Å²) in [4.78, 5) is 28.3. The summed E-state index contributed by atoms with van der Waals surface area (Å²) < 4.78 is 75.8. The standard InChI is InChI=1S/C27H30F5N7O3S/c1-14-3-4-19(33)39(14)12-18-21(15-9-16(27(30,31)32)11-17(28)10-15)36-25(43-18)37-22-20(29)23(35-13-34-22)38-7-5-26(42-2,6-8-38)24(40)41/h9-11,13-14,19H,3-8,12,33H2,1-2H3,(H,40,41)(H,34,35,36,37)/t14-,19+/m1/s1. The van der Waals surface area contributed by atoms with E-state index in [1.54, 1.807) is 4.90 Å². The number of nitrogens with zero attached hydrogens (tertiary/aromatic N) is 5. The van der Waals surface area contributed by atoms with Crippen LogP contribution in [0.3, 0.4) is 0 Å². The Morgan fingerprint density at radius 1 is 1.21 bits per heavy atom. The maximum Gasteiger partial charge on any atom is 0.416 e. The van der Waals surface area contributed by atoms with Crippen molar-refractivity contribution in [3.05, 3.63) is 46.6 Å². The van der Waals surface area contributed by atoms with Crippen molar-refractivity contribution in [3.63, 3.8) is 0 Å². The molecule has 4 heterocycles. The third kappa shape index (κ3) is 6.27. The first-order valence-corrected chi connectivity index (χ1v) is 14.3. The van der Waals surface area contributed by atoms with E-state index in [0.717, 1.165) is 42.6 Å². The summed E-state index contributed by atoms with van der Waals surface area (Å²) in [5, 5.41) is 12.5. The molecule has 0 radical (unpaired) electrons. The van der Waals surface area contributed by atoms with E-state index < -0.39 is 34.9 Å². The Labute approximate surface area is 247 Å². The Kier molecular flexibility index (Phi) is 8.57. The van der Waals surface area contributed by atoms with E-state index in [-0.39, 0.29) is 72.7 Å². The van der Waals surface area contributed by atoms with Crippen LogP contribution in [-0.2, 0) is 22.3 Å². The van der Waals surface area contributed by atoms with Gasteiger partial charge in [-0.15, -0.1) is 0 Å². The largest absolute Gasteiger partial charge is 0.479 e. The van der Waals surface area contributed by atoms with Crippen molar-refractivity contribution in [1.29, 1.82) is 0 Å². The fraction of sp³-hybridized carbons (Fsp3) is 0.481. The molecule has 16 heteroatoms. The van der Waals surface area contributed by atoms with Crippen LogP contribution >= 0.6 is 11.3 Å². The molecule has 0 aliphatic carbocycles. The van der Waals surface area contributed by atoms with Crippen LogP contribution in [0.2, 0.25) is 0 Å². The van der Waals surface area contributed by atoms with E-state index in [0.29, 0.717) is 10.9 Å². The van der Waals surface area contributed by atoms with Crippen LogP contribution in [0.1, 0.15) is 43.0 Å². The lowest BCUT2D eigenvalue weighted by Gasteiger charge is -2.38. The van der Waals surface area contributed by atoms with Crippen LogP contribution in [0, 0.1) is 11.6 Å². The molecule has 0 bridgehead atoms. The average molecular weight is 628 g/mol. The molecule has 232 valence electrons. The minimum Gasteiger partial charge on any atom is -0.479 e. The smallest absolute Gasteiger partial charge is 0.416 e. The number of thiazole rings is 1. The minimum absolute atomic E-state index is 0.0543. The number of aliphatic carboxylic acids is 1. The van der Waals surface area contributed by atoms with Gasteiger partial charge in [0.25, 0.3) is 0 Å². The number of halogens is 5. The van der Waals surface area contributed by atoms with Crippen molar-refractivity contribution in [1.82, 2.24) is 19.9 Å². The second kappa shape index (κ2) is 11.9. The number of carboxylic acids is 1. The molecule has 0 saturated carbocycles. The van der Waals surface area contributed by atoms with E-state index in [1.165, 1.54) is 7.11 Å². The molecule has 1 aromatic carbocycles. The molecule has 0 spiro atoms. The van der Waals surface area contributed by atoms with Gasteiger partial charge in [-0.2, -0.15) is 17.6 Å². The molecule has 2 fully saturated rings. The molecule has 3 aromatic rings. The fourth-order valence-electron chi connectivity index (χ4n) is 5.49. The number of carboxylic acid groups (broad SMARTS) is 1. The zero-order valence-corrected chi connectivity index (χ0v) is 24.1. The first kappa shape index (κ1) is 31.0. The third-order valence-electron chi connectivity index (χ3n) is 8.04. The van der Waals surface area contributed by atoms with Gasteiger partial charge >= 0.3 is 12.1 Å². The molecule has 4 N–H and O–H groups in total. The molecule has 43 heavy (non-hydrogen) atoms. The van der Waals surface area contributed by atoms with Crippen molar-refractivity contribution in [3.8, 4) is 11.3 Å². The first-order valence-electron chi connectivity index (χ1n) is 13.5. The lowest BCUT2D eigenvalue weighted by atomic mass is 9.91. The molecular formula is C27H30F5N7O3S. The lowest BCUT2D eigenvalue weighted by Crippen LogP contribution is -2.51. The van der Waals surface area contributed by atoms with E-state index in [9.17, 15) is 27.5 Å². The van der Waals surface area contributed by atoms with Crippen LogP contribution in [0.5, 0.6) is 0 Å². The van der Waals surface area contributed by atoms with Crippen molar-refractivity contribution in [2.75, 3.05) is 30.4 Å². The second-order valence-electron chi connectivity index (χ2n) is 10.7. The number of nitrogens with two attached hydrogens (primary N) is 1. The number of alkyl halides is 3. The Bertz CT molecular complexity index is 1490. The summed E-state index contributed by atoms with van der Waals surface area (Å²) in [5.74, 6) is -3.28. The number of anilines is 3. The Morgan fingerprint density at radius 2 is 1.93 bits per heavy atom. The molecule has 0 unspecified atom stereocenters. The van der Waals surface area contributed by atoms with E-state index >= 15 is 4.39 Å². The highest BCUT2D eigenvalue weighted by Crippen LogP contribution is 2.39. The summed E-state index contributed by atoms with van der Waals surface area (Å²) in [6.45, 7) is 2.55. The Morgan fingerprint density at radius 3 is 2.53 bits per heavy atom. The summed E-state index contributed by atoms with van der Waals surface area (Å²) in [7, 11) is 1.32. The van der Waals surface area contributed by atoms with Gasteiger partial charge < -0.3 is 25.8 Å². The van der Waals surface area contributed by atoms with Gasteiger partial charge in [0, 0.05) is 56.1 Å².